The maximum absolute atomic E-state index is 12.1. The van der Waals surface area contributed by atoms with Crippen LogP contribution in [0, 0.1) is 0 Å². The first-order chi connectivity index (χ1) is 11.2. The third-order valence-corrected chi connectivity index (χ3v) is 4.98. The van der Waals surface area contributed by atoms with Crippen molar-refractivity contribution in [3.63, 3.8) is 0 Å². The number of nitrogens with one attached hydrogen (secondary N) is 2. The van der Waals surface area contributed by atoms with E-state index >= 15 is 0 Å². The van der Waals surface area contributed by atoms with Crippen LogP contribution in [0.4, 0.5) is 0 Å². The summed E-state index contributed by atoms with van der Waals surface area (Å²) in [5.74, 6) is -0.343. The zero-order valence-corrected chi connectivity index (χ0v) is 13.7. The van der Waals surface area contributed by atoms with Crippen LogP contribution in [-0.2, 0) is 24.1 Å². The van der Waals surface area contributed by atoms with E-state index in [1.807, 2.05) is 35.7 Å². The number of aryl methyl sites for hydroxylation is 2. The highest BCUT2D eigenvalue weighted by Crippen LogP contribution is 2.22. The lowest BCUT2D eigenvalue weighted by molar-refractivity contribution is -0.120. The van der Waals surface area contributed by atoms with E-state index in [9.17, 15) is 9.59 Å². The number of rotatable bonds is 6. The first-order valence-electron chi connectivity index (χ1n) is 7.91. The molecule has 1 aliphatic rings. The first-order valence-corrected chi connectivity index (χ1v) is 8.79. The van der Waals surface area contributed by atoms with E-state index in [1.165, 1.54) is 16.0 Å². The monoisotopic (exact) mass is 328 g/mol. The Balaban J connectivity index is 1.42. The van der Waals surface area contributed by atoms with E-state index in [0.29, 0.717) is 12.1 Å². The van der Waals surface area contributed by atoms with Gasteiger partial charge < -0.3 is 10.6 Å². The summed E-state index contributed by atoms with van der Waals surface area (Å²) in [7, 11) is 0. The molecule has 2 amide bonds. The van der Waals surface area contributed by atoms with Crippen LogP contribution in [0.3, 0.4) is 0 Å². The Morgan fingerprint density at radius 3 is 2.78 bits per heavy atom. The van der Waals surface area contributed by atoms with Gasteiger partial charge in [-0.05, 0) is 60.4 Å². The highest BCUT2D eigenvalue weighted by Gasteiger charge is 2.14. The fourth-order valence-corrected chi connectivity index (χ4v) is 3.53. The fraction of sp³-hybridized carbons (Fsp3) is 0.333. The highest BCUT2D eigenvalue weighted by molar-refractivity contribution is 7.09. The summed E-state index contributed by atoms with van der Waals surface area (Å²) in [5, 5.41) is 7.53. The maximum Gasteiger partial charge on any atom is 0.251 e. The van der Waals surface area contributed by atoms with Gasteiger partial charge in [-0.3, -0.25) is 9.59 Å². The molecule has 0 saturated carbocycles. The van der Waals surface area contributed by atoms with Crippen molar-refractivity contribution in [2.45, 2.75) is 25.7 Å². The van der Waals surface area contributed by atoms with Crippen LogP contribution in [0.15, 0.2) is 35.7 Å². The molecule has 2 aromatic rings. The molecule has 0 unspecified atom stereocenters. The molecule has 1 aromatic carbocycles. The molecule has 0 bridgehead atoms. The third-order valence-electron chi connectivity index (χ3n) is 4.04. The zero-order chi connectivity index (χ0) is 16.1. The molecule has 0 spiro atoms. The minimum Gasteiger partial charge on any atom is -0.354 e. The van der Waals surface area contributed by atoms with E-state index in [0.717, 1.165) is 25.7 Å². The molecule has 23 heavy (non-hydrogen) atoms. The molecular formula is C18H20N2O2S. The van der Waals surface area contributed by atoms with Crippen molar-refractivity contribution in [1.82, 2.24) is 10.6 Å². The van der Waals surface area contributed by atoms with Gasteiger partial charge in [0.25, 0.3) is 5.91 Å². The topological polar surface area (TPSA) is 58.2 Å². The number of benzene rings is 1. The fourth-order valence-electron chi connectivity index (χ4n) is 2.82. The Kier molecular flexibility index (Phi) is 5.08. The number of fused-ring (bicyclic) bond motifs is 1. The number of thiophene rings is 1. The zero-order valence-electron chi connectivity index (χ0n) is 12.9. The summed E-state index contributed by atoms with van der Waals surface area (Å²) < 4.78 is 0. The number of hydrogen-bond donors (Lipinski definition) is 2. The lowest BCUT2D eigenvalue weighted by Gasteiger charge is -2.08. The predicted molar refractivity (Wildman–Crippen MR) is 91.8 cm³/mol. The van der Waals surface area contributed by atoms with Crippen molar-refractivity contribution in [3.8, 4) is 0 Å². The van der Waals surface area contributed by atoms with Gasteiger partial charge in [0.1, 0.15) is 0 Å². The average Bonchev–Trinajstić information content (AvgIpc) is 3.23. The van der Waals surface area contributed by atoms with E-state index in [-0.39, 0.29) is 18.4 Å². The number of hydrogen-bond acceptors (Lipinski definition) is 3. The second-order valence-corrected chi connectivity index (χ2v) is 6.73. The van der Waals surface area contributed by atoms with Crippen LogP contribution < -0.4 is 10.6 Å². The normalized spacial score (nSPS) is 12.7. The van der Waals surface area contributed by atoms with Crippen molar-refractivity contribution in [2.75, 3.05) is 13.1 Å². The Bertz CT molecular complexity index is 695. The van der Waals surface area contributed by atoms with Gasteiger partial charge in [0.15, 0.2) is 0 Å². The molecular weight excluding hydrogens is 308 g/mol. The van der Waals surface area contributed by atoms with Crippen LogP contribution >= 0.6 is 11.3 Å². The summed E-state index contributed by atoms with van der Waals surface area (Å²) in [6, 6.07) is 9.87. The third kappa shape index (κ3) is 4.20. The van der Waals surface area contributed by atoms with E-state index < -0.39 is 0 Å². The molecule has 1 aliphatic carbocycles. The standard InChI is InChI=1S/C18H20N2O2S/c21-17(19-9-8-16-5-2-10-23-16)12-20-18(22)15-7-6-13-3-1-4-14(13)11-15/h2,5-7,10-11H,1,3-4,8-9,12H2,(H,19,21)(H,20,22). The highest BCUT2D eigenvalue weighted by atomic mass is 32.1. The summed E-state index contributed by atoms with van der Waals surface area (Å²) >= 11 is 1.68. The molecule has 1 aromatic heterocycles. The second-order valence-electron chi connectivity index (χ2n) is 5.70. The quantitative estimate of drug-likeness (QED) is 0.855. The Morgan fingerprint density at radius 1 is 1.09 bits per heavy atom. The second kappa shape index (κ2) is 7.42. The molecule has 0 aliphatic heterocycles. The van der Waals surface area contributed by atoms with Crippen LogP contribution in [0.1, 0.15) is 32.8 Å². The van der Waals surface area contributed by atoms with Crippen LogP contribution in [0.5, 0.6) is 0 Å². The van der Waals surface area contributed by atoms with E-state index in [4.69, 9.17) is 0 Å². The Hall–Kier alpha value is -2.14. The average molecular weight is 328 g/mol. The largest absolute Gasteiger partial charge is 0.354 e. The van der Waals surface area contributed by atoms with Gasteiger partial charge in [-0.25, -0.2) is 0 Å². The SMILES string of the molecule is O=C(CNC(=O)c1ccc2c(c1)CCC2)NCCc1cccs1. The van der Waals surface area contributed by atoms with Gasteiger partial charge in [-0.15, -0.1) is 11.3 Å². The lowest BCUT2D eigenvalue weighted by Crippen LogP contribution is -2.37. The van der Waals surface area contributed by atoms with Crippen molar-refractivity contribution < 1.29 is 9.59 Å². The minimum atomic E-state index is -0.187. The predicted octanol–water partition coefficient (Wildman–Crippen LogP) is 2.33. The van der Waals surface area contributed by atoms with Gasteiger partial charge in [0.05, 0.1) is 6.54 Å². The van der Waals surface area contributed by atoms with Crippen LogP contribution in [0.2, 0.25) is 0 Å². The van der Waals surface area contributed by atoms with Gasteiger partial charge in [-0.2, -0.15) is 0 Å². The summed E-state index contributed by atoms with van der Waals surface area (Å²) in [4.78, 5) is 25.1. The summed E-state index contributed by atoms with van der Waals surface area (Å²) in [5.41, 5.74) is 3.24. The first kappa shape index (κ1) is 15.7. The van der Waals surface area contributed by atoms with Gasteiger partial charge in [-0.1, -0.05) is 12.1 Å². The van der Waals surface area contributed by atoms with Crippen molar-refractivity contribution in [2.24, 2.45) is 0 Å². The molecule has 0 fully saturated rings. The van der Waals surface area contributed by atoms with E-state index in [1.54, 1.807) is 11.3 Å². The maximum atomic E-state index is 12.1. The summed E-state index contributed by atoms with van der Waals surface area (Å²) in [6.45, 7) is 0.606. The van der Waals surface area contributed by atoms with Crippen molar-refractivity contribution in [1.29, 1.82) is 0 Å². The molecule has 3 rings (SSSR count). The Morgan fingerprint density at radius 2 is 1.96 bits per heavy atom. The lowest BCUT2D eigenvalue weighted by atomic mass is 10.1. The van der Waals surface area contributed by atoms with Crippen LogP contribution in [0.25, 0.3) is 0 Å². The number of carbonyl (C=O) groups is 2. The van der Waals surface area contributed by atoms with Crippen molar-refractivity contribution >= 4 is 23.2 Å². The molecule has 0 radical (unpaired) electrons. The smallest absolute Gasteiger partial charge is 0.251 e. The molecule has 1 heterocycles. The van der Waals surface area contributed by atoms with Gasteiger partial charge >= 0.3 is 0 Å². The molecule has 120 valence electrons. The molecule has 4 nitrogen and oxygen atoms in total. The van der Waals surface area contributed by atoms with E-state index in [2.05, 4.69) is 10.6 Å². The molecule has 5 heteroatoms. The number of amides is 2. The van der Waals surface area contributed by atoms with Crippen LogP contribution in [-0.4, -0.2) is 24.9 Å². The molecule has 0 atom stereocenters. The minimum absolute atomic E-state index is 0.0142. The Labute approximate surface area is 139 Å². The van der Waals surface area contributed by atoms with Crippen molar-refractivity contribution in [3.05, 3.63) is 57.3 Å². The molecule has 2 N–H and O–H groups in total. The summed E-state index contributed by atoms with van der Waals surface area (Å²) in [6.07, 6.45) is 4.12. The van der Waals surface area contributed by atoms with Gasteiger partial charge in [0.2, 0.25) is 5.91 Å². The number of carbonyl (C=O) groups excluding carboxylic acids is 2. The van der Waals surface area contributed by atoms with Gasteiger partial charge in [0, 0.05) is 17.0 Å². The molecule has 0 saturated heterocycles.